The molecule has 13 heteroatoms. The van der Waals surface area contributed by atoms with Crippen LogP contribution in [0.3, 0.4) is 0 Å². The number of amides is 7. The van der Waals surface area contributed by atoms with Gasteiger partial charge in [-0.05, 0) is 0 Å². The van der Waals surface area contributed by atoms with Gasteiger partial charge in [-0.15, -0.1) is 5.06 Å². The number of nitrogens with zero attached hydrogens (tertiary/aromatic N) is 3. The lowest BCUT2D eigenvalue weighted by Crippen LogP contribution is -2.35. The number of nitrogens with one attached hydrogen (secondary N) is 1. The Morgan fingerprint density at radius 1 is 0.781 bits per heavy atom. The summed E-state index contributed by atoms with van der Waals surface area (Å²) in [7, 11) is 1.51. The molecule has 0 atom stereocenters. The van der Waals surface area contributed by atoms with Crippen molar-refractivity contribution in [1.82, 2.24) is 20.2 Å². The van der Waals surface area contributed by atoms with Crippen LogP contribution in [0.5, 0.6) is 0 Å². The van der Waals surface area contributed by atoms with Gasteiger partial charge in [0.25, 0.3) is 35.4 Å². The van der Waals surface area contributed by atoms with E-state index < -0.39 is 29.6 Å². The normalized spacial score (nSPS) is 17.3. The predicted molar refractivity (Wildman–Crippen MR) is 102 cm³/mol. The molecule has 3 rings (SSSR count). The Morgan fingerprint density at radius 3 is 1.59 bits per heavy atom. The highest BCUT2D eigenvalue weighted by atomic mass is 16.7. The van der Waals surface area contributed by atoms with Gasteiger partial charge in [0.15, 0.2) is 0 Å². The van der Waals surface area contributed by atoms with E-state index in [1.165, 1.54) is 19.2 Å². The average Bonchev–Trinajstić information content (AvgIpc) is 3.37. The molecule has 0 aromatic carbocycles. The second-order valence-electron chi connectivity index (χ2n) is 6.54. The third kappa shape index (κ3) is 6.17. The lowest BCUT2D eigenvalue weighted by atomic mass is 10.3. The van der Waals surface area contributed by atoms with Gasteiger partial charge >= 0.3 is 5.97 Å². The molecule has 32 heavy (non-hydrogen) atoms. The van der Waals surface area contributed by atoms with Gasteiger partial charge in [0.05, 0.1) is 6.42 Å². The minimum atomic E-state index is -0.851. The van der Waals surface area contributed by atoms with E-state index in [4.69, 9.17) is 0 Å². The van der Waals surface area contributed by atoms with Crippen LogP contribution < -0.4 is 5.32 Å². The van der Waals surface area contributed by atoms with Gasteiger partial charge in [-0.2, -0.15) is 0 Å². The molecule has 0 radical (unpaired) electrons. The van der Waals surface area contributed by atoms with E-state index in [0.29, 0.717) is 5.06 Å². The van der Waals surface area contributed by atoms with E-state index in [1.807, 2.05) is 0 Å². The number of rotatable bonds is 7. The molecule has 0 bridgehead atoms. The van der Waals surface area contributed by atoms with Crippen molar-refractivity contribution in [3.05, 3.63) is 24.3 Å². The molecule has 0 saturated carbocycles. The van der Waals surface area contributed by atoms with Gasteiger partial charge in [-0.3, -0.25) is 43.4 Å². The first-order chi connectivity index (χ1) is 15.1. The van der Waals surface area contributed by atoms with Crippen LogP contribution in [-0.4, -0.2) is 82.3 Å². The van der Waals surface area contributed by atoms with Crippen LogP contribution >= 0.6 is 0 Å². The summed E-state index contributed by atoms with van der Waals surface area (Å²) >= 11 is 0. The molecule has 3 heterocycles. The quantitative estimate of drug-likeness (QED) is 0.431. The summed E-state index contributed by atoms with van der Waals surface area (Å²) in [5.41, 5.74) is 0. The molecule has 0 aromatic heterocycles. The summed E-state index contributed by atoms with van der Waals surface area (Å²) < 4.78 is 0. The van der Waals surface area contributed by atoms with E-state index in [9.17, 15) is 38.4 Å². The van der Waals surface area contributed by atoms with Gasteiger partial charge < -0.3 is 10.2 Å². The van der Waals surface area contributed by atoms with Crippen molar-refractivity contribution in [2.24, 2.45) is 0 Å². The lowest BCUT2D eigenvalue weighted by Gasteiger charge is -2.15. The number of hydrogen-bond donors (Lipinski definition) is 1. The van der Waals surface area contributed by atoms with E-state index in [1.54, 1.807) is 0 Å². The van der Waals surface area contributed by atoms with Crippen LogP contribution in [0.4, 0.5) is 0 Å². The zero-order valence-electron chi connectivity index (χ0n) is 17.1. The fraction of sp³-hybridized carbons (Fsp3) is 0.368. The summed E-state index contributed by atoms with van der Waals surface area (Å²) in [6.45, 7) is -0.00986. The third-order valence-corrected chi connectivity index (χ3v) is 4.38. The highest BCUT2D eigenvalue weighted by Crippen LogP contribution is 2.13. The van der Waals surface area contributed by atoms with Crippen molar-refractivity contribution in [2.45, 2.75) is 25.7 Å². The van der Waals surface area contributed by atoms with Crippen molar-refractivity contribution in [2.75, 3.05) is 20.1 Å². The lowest BCUT2D eigenvalue weighted by molar-refractivity contribution is -0.197. The van der Waals surface area contributed by atoms with Gasteiger partial charge in [0.2, 0.25) is 5.91 Å². The number of hydrogen-bond acceptors (Lipinski definition) is 9. The first-order valence-corrected chi connectivity index (χ1v) is 9.48. The maximum Gasteiger partial charge on any atom is 0.335 e. The summed E-state index contributed by atoms with van der Waals surface area (Å²) in [6.07, 6.45) is 4.49. The number of hydroxylamine groups is 2. The monoisotopic (exact) mass is 448 g/mol. The van der Waals surface area contributed by atoms with Crippen molar-refractivity contribution >= 4 is 47.3 Å². The Bertz CT molecular complexity index is 885. The minimum absolute atomic E-state index is 0.0130. The maximum absolute atomic E-state index is 11.4. The van der Waals surface area contributed by atoms with Gasteiger partial charge in [-0.25, -0.2) is 4.79 Å². The second kappa shape index (κ2) is 10.7. The Balaban J connectivity index is 0.000000244. The van der Waals surface area contributed by atoms with E-state index in [-0.39, 0.29) is 56.5 Å². The van der Waals surface area contributed by atoms with Crippen molar-refractivity contribution < 1.29 is 43.2 Å². The Labute approximate surface area is 181 Å². The average molecular weight is 448 g/mol. The predicted octanol–water partition coefficient (Wildman–Crippen LogP) is -2.04. The molecular formula is C19H20N4O9. The summed E-state index contributed by atoms with van der Waals surface area (Å²) in [5, 5.41) is 2.83. The Kier molecular flexibility index (Phi) is 8.10. The van der Waals surface area contributed by atoms with E-state index in [2.05, 4.69) is 10.2 Å². The van der Waals surface area contributed by atoms with Gasteiger partial charge in [-0.1, -0.05) is 0 Å². The van der Waals surface area contributed by atoms with Crippen LogP contribution in [0.15, 0.2) is 24.3 Å². The molecular weight excluding hydrogens is 428 g/mol. The zero-order valence-corrected chi connectivity index (χ0v) is 17.1. The van der Waals surface area contributed by atoms with Crippen LogP contribution in [0.2, 0.25) is 0 Å². The topological polar surface area (TPSA) is 168 Å². The van der Waals surface area contributed by atoms with Crippen LogP contribution in [0, 0.1) is 0 Å². The minimum Gasteiger partial charge on any atom is -0.359 e. The first kappa shape index (κ1) is 24.1. The standard InChI is InChI=1S/C11H10N2O6.C8H10N2O3/c14-7-1-2-8(15)12(7)6-5-11(18)19-13-9(16)3-4-10(13)17;1-9-6(11)4-5-10-7(12)2-3-8(10)13/h1-2H,3-6H2;2-3H,4-5H2,1H3,(H,9,11). The molecule has 7 amide bonds. The van der Waals surface area contributed by atoms with Crippen molar-refractivity contribution in [3.63, 3.8) is 0 Å². The molecule has 3 aliphatic heterocycles. The molecule has 1 N–H and O–H groups in total. The molecule has 0 spiro atoms. The smallest absolute Gasteiger partial charge is 0.335 e. The third-order valence-electron chi connectivity index (χ3n) is 4.38. The van der Waals surface area contributed by atoms with Crippen LogP contribution in [0.1, 0.15) is 25.7 Å². The molecule has 1 fully saturated rings. The summed E-state index contributed by atoms with van der Waals surface area (Å²) in [5.74, 6) is -3.91. The summed E-state index contributed by atoms with van der Waals surface area (Å²) in [4.78, 5) is 95.4. The second-order valence-corrected chi connectivity index (χ2v) is 6.54. The largest absolute Gasteiger partial charge is 0.359 e. The fourth-order valence-corrected chi connectivity index (χ4v) is 2.65. The van der Waals surface area contributed by atoms with Crippen molar-refractivity contribution in [3.8, 4) is 0 Å². The SMILES string of the molecule is CNC(=O)CCN1C(=O)C=CC1=O.O=C(CCN1C(=O)C=CC1=O)ON1C(=O)CCC1=O. The van der Waals surface area contributed by atoms with Crippen LogP contribution in [-0.2, 0) is 43.2 Å². The molecule has 3 aliphatic rings. The van der Waals surface area contributed by atoms with Crippen molar-refractivity contribution in [1.29, 1.82) is 0 Å². The molecule has 0 unspecified atom stereocenters. The number of carbonyl (C=O) groups is 8. The van der Waals surface area contributed by atoms with E-state index >= 15 is 0 Å². The maximum atomic E-state index is 11.4. The first-order valence-electron chi connectivity index (χ1n) is 9.48. The summed E-state index contributed by atoms with van der Waals surface area (Å²) in [6, 6.07) is 0. The van der Waals surface area contributed by atoms with Gasteiger partial charge in [0, 0.05) is 63.7 Å². The molecule has 1 saturated heterocycles. The van der Waals surface area contributed by atoms with Gasteiger partial charge in [0.1, 0.15) is 0 Å². The molecule has 0 aromatic rings. The Hall–Kier alpha value is -4.16. The number of imide groups is 3. The number of carbonyl (C=O) groups excluding carboxylic acids is 8. The fourth-order valence-electron chi connectivity index (χ4n) is 2.65. The zero-order chi connectivity index (χ0) is 23.8. The highest BCUT2D eigenvalue weighted by Gasteiger charge is 2.33. The molecule has 0 aliphatic carbocycles. The Morgan fingerprint density at radius 2 is 1.19 bits per heavy atom. The van der Waals surface area contributed by atoms with E-state index in [0.717, 1.165) is 22.0 Å². The highest BCUT2D eigenvalue weighted by molar-refractivity contribution is 6.13. The molecule has 170 valence electrons. The molecule has 13 nitrogen and oxygen atoms in total. The van der Waals surface area contributed by atoms with Crippen LogP contribution in [0.25, 0.3) is 0 Å².